The number of nitrogens with zero attached hydrogens (tertiary/aromatic N) is 2. The lowest BCUT2D eigenvalue weighted by atomic mass is 10.3. The first-order chi connectivity index (χ1) is 8.08. The normalized spacial score (nSPS) is 10.7. The summed E-state index contributed by atoms with van der Waals surface area (Å²) in [6.45, 7) is 2.59. The maximum absolute atomic E-state index is 10.8. The van der Waals surface area contributed by atoms with Gasteiger partial charge >= 0.3 is 0 Å². The number of benzene rings is 1. The lowest BCUT2D eigenvalue weighted by molar-refractivity contribution is -0.118. The molecular weight excluding hydrogens is 240 g/mol. The molecule has 5 nitrogen and oxygen atoms in total. The highest BCUT2D eigenvalue weighted by Crippen LogP contribution is 2.21. The summed E-state index contributed by atoms with van der Waals surface area (Å²) < 4.78 is 1.85. The number of hydrogen-bond donors (Lipinski definition) is 2. The van der Waals surface area contributed by atoms with E-state index >= 15 is 0 Å². The van der Waals surface area contributed by atoms with Crippen molar-refractivity contribution in [1.29, 1.82) is 0 Å². The zero-order valence-corrected chi connectivity index (χ0v) is 10.2. The molecule has 17 heavy (non-hydrogen) atoms. The van der Waals surface area contributed by atoms with E-state index in [1.54, 1.807) is 12.1 Å². The van der Waals surface area contributed by atoms with E-state index in [1.165, 1.54) is 6.92 Å². The highest BCUT2D eigenvalue weighted by molar-refractivity contribution is 6.31. The summed E-state index contributed by atoms with van der Waals surface area (Å²) in [5.41, 5.74) is 7.49. The maximum atomic E-state index is 10.8. The third-order valence-corrected chi connectivity index (χ3v) is 2.68. The molecule has 0 saturated carbocycles. The van der Waals surface area contributed by atoms with Crippen LogP contribution in [0.1, 0.15) is 6.92 Å². The van der Waals surface area contributed by atoms with Crippen molar-refractivity contribution in [2.75, 3.05) is 12.3 Å². The Labute approximate surface area is 104 Å². The predicted molar refractivity (Wildman–Crippen MR) is 67.8 cm³/mol. The van der Waals surface area contributed by atoms with Crippen molar-refractivity contribution in [3.8, 4) is 0 Å². The lowest BCUT2D eigenvalue weighted by Crippen LogP contribution is -2.24. The van der Waals surface area contributed by atoms with Gasteiger partial charge in [0.15, 0.2) is 0 Å². The minimum Gasteiger partial charge on any atom is -0.369 e. The van der Waals surface area contributed by atoms with Crippen LogP contribution in [0.4, 0.5) is 5.95 Å². The van der Waals surface area contributed by atoms with Crippen LogP contribution < -0.4 is 11.1 Å². The average molecular weight is 253 g/mol. The summed E-state index contributed by atoms with van der Waals surface area (Å²) in [5, 5.41) is 3.35. The lowest BCUT2D eigenvalue weighted by Gasteiger charge is -2.06. The topological polar surface area (TPSA) is 72.9 Å². The van der Waals surface area contributed by atoms with Crippen molar-refractivity contribution in [1.82, 2.24) is 14.9 Å². The van der Waals surface area contributed by atoms with Crippen molar-refractivity contribution in [3.63, 3.8) is 0 Å². The fourth-order valence-electron chi connectivity index (χ4n) is 1.70. The first-order valence-electron chi connectivity index (χ1n) is 5.23. The van der Waals surface area contributed by atoms with Gasteiger partial charge in [0.1, 0.15) is 0 Å². The van der Waals surface area contributed by atoms with Gasteiger partial charge in [-0.15, -0.1) is 0 Å². The third-order valence-electron chi connectivity index (χ3n) is 2.45. The molecule has 0 radical (unpaired) electrons. The molecule has 2 aromatic rings. The largest absolute Gasteiger partial charge is 0.369 e. The second-order valence-corrected chi connectivity index (χ2v) is 4.17. The van der Waals surface area contributed by atoms with Crippen molar-refractivity contribution in [2.24, 2.45) is 0 Å². The Morgan fingerprint density at radius 1 is 1.59 bits per heavy atom. The summed E-state index contributed by atoms with van der Waals surface area (Å²) >= 11 is 5.88. The quantitative estimate of drug-likeness (QED) is 0.868. The van der Waals surface area contributed by atoms with Gasteiger partial charge in [-0.3, -0.25) is 4.79 Å². The van der Waals surface area contributed by atoms with Gasteiger partial charge in [-0.05, 0) is 18.2 Å². The molecule has 0 unspecified atom stereocenters. The highest BCUT2D eigenvalue weighted by atomic mass is 35.5. The van der Waals surface area contributed by atoms with E-state index in [0.717, 1.165) is 11.0 Å². The Bertz CT molecular complexity index is 564. The van der Waals surface area contributed by atoms with E-state index in [0.29, 0.717) is 24.1 Å². The molecule has 1 heterocycles. The van der Waals surface area contributed by atoms with Gasteiger partial charge in [0.25, 0.3) is 0 Å². The van der Waals surface area contributed by atoms with E-state index < -0.39 is 0 Å². The molecule has 1 aromatic heterocycles. The second kappa shape index (κ2) is 4.63. The number of amides is 1. The Morgan fingerprint density at radius 3 is 3.06 bits per heavy atom. The monoisotopic (exact) mass is 252 g/mol. The number of anilines is 1. The van der Waals surface area contributed by atoms with Crippen LogP contribution in [-0.2, 0) is 11.3 Å². The van der Waals surface area contributed by atoms with E-state index in [9.17, 15) is 4.79 Å². The molecule has 0 aliphatic carbocycles. The van der Waals surface area contributed by atoms with Crippen LogP contribution in [0, 0.1) is 0 Å². The summed E-state index contributed by atoms with van der Waals surface area (Å²) in [5.74, 6) is 0.364. The maximum Gasteiger partial charge on any atom is 0.216 e. The van der Waals surface area contributed by atoms with Crippen molar-refractivity contribution < 1.29 is 4.79 Å². The molecule has 3 N–H and O–H groups in total. The molecule has 0 aliphatic rings. The number of halogens is 1. The van der Waals surface area contributed by atoms with Crippen molar-refractivity contribution in [2.45, 2.75) is 13.5 Å². The summed E-state index contributed by atoms with van der Waals surface area (Å²) in [6.07, 6.45) is 0. The second-order valence-electron chi connectivity index (χ2n) is 3.74. The summed E-state index contributed by atoms with van der Waals surface area (Å²) in [6, 6.07) is 5.43. The third kappa shape index (κ3) is 2.50. The van der Waals surface area contributed by atoms with Gasteiger partial charge in [0.2, 0.25) is 11.9 Å². The molecule has 6 heteroatoms. The fraction of sp³-hybridized carbons (Fsp3) is 0.273. The van der Waals surface area contributed by atoms with Gasteiger partial charge in [-0.1, -0.05) is 11.6 Å². The Kier molecular flexibility index (Phi) is 3.19. The Balaban J connectivity index is 2.27. The number of nitrogens with two attached hydrogens (primary N) is 1. The van der Waals surface area contributed by atoms with E-state index in [2.05, 4.69) is 10.3 Å². The van der Waals surface area contributed by atoms with Crippen molar-refractivity contribution >= 4 is 34.5 Å². The van der Waals surface area contributed by atoms with Crippen LogP contribution in [0.25, 0.3) is 11.0 Å². The molecule has 0 saturated heterocycles. The number of nitrogens with one attached hydrogen (secondary N) is 1. The zero-order chi connectivity index (χ0) is 12.4. The average Bonchev–Trinajstić information content (AvgIpc) is 2.54. The summed E-state index contributed by atoms with van der Waals surface area (Å²) in [7, 11) is 0. The highest BCUT2D eigenvalue weighted by Gasteiger charge is 2.08. The SMILES string of the molecule is CC(=O)NCCn1c(N)nc2cc(Cl)ccc21. The first-order valence-corrected chi connectivity index (χ1v) is 5.61. The number of fused-ring (bicyclic) bond motifs is 1. The molecule has 0 atom stereocenters. The minimum atomic E-state index is -0.0592. The predicted octanol–water partition coefficient (Wildman–Crippen LogP) is 1.41. The standard InChI is InChI=1S/C11H13ClN4O/c1-7(17)14-4-5-16-10-3-2-8(12)6-9(10)15-11(16)13/h2-3,6H,4-5H2,1H3,(H2,13,15)(H,14,17). The zero-order valence-electron chi connectivity index (χ0n) is 9.40. The molecular formula is C11H13ClN4O. The number of nitrogen functional groups attached to an aromatic ring is 1. The van der Waals surface area contributed by atoms with Crippen LogP contribution in [-0.4, -0.2) is 22.0 Å². The Morgan fingerprint density at radius 2 is 2.35 bits per heavy atom. The molecule has 0 bridgehead atoms. The number of carbonyl (C=O) groups is 1. The minimum absolute atomic E-state index is 0.0592. The van der Waals surface area contributed by atoms with E-state index in [1.807, 2.05) is 10.6 Å². The number of imidazole rings is 1. The van der Waals surface area contributed by atoms with Crippen LogP contribution in [0.2, 0.25) is 5.02 Å². The van der Waals surface area contributed by atoms with Gasteiger partial charge in [-0.25, -0.2) is 4.98 Å². The van der Waals surface area contributed by atoms with Gasteiger partial charge in [0.05, 0.1) is 11.0 Å². The molecule has 0 aliphatic heterocycles. The smallest absolute Gasteiger partial charge is 0.216 e. The fourth-order valence-corrected chi connectivity index (χ4v) is 1.87. The van der Waals surface area contributed by atoms with Crippen LogP contribution in [0.15, 0.2) is 18.2 Å². The first kappa shape index (κ1) is 11.7. The molecule has 0 spiro atoms. The van der Waals surface area contributed by atoms with Gasteiger partial charge in [0, 0.05) is 25.0 Å². The molecule has 0 fully saturated rings. The van der Waals surface area contributed by atoms with E-state index in [-0.39, 0.29) is 5.91 Å². The van der Waals surface area contributed by atoms with Crippen LogP contribution in [0.5, 0.6) is 0 Å². The van der Waals surface area contributed by atoms with Crippen LogP contribution in [0.3, 0.4) is 0 Å². The molecule has 1 amide bonds. The van der Waals surface area contributed by atoms with Crippen molar-refractivity contribution in [3.05, 3.63) is 23.2 Å². The van der Waals surface area contributed by atoms with E-state index in [4.69, 9.17) is 17.3 Å². The molecule has 2 rings (SSSR count). The number of hydrogen-bond acceptors (Lipinski definition) is 3. The Hall–Kier alpha value is -1.75. The number of rotatable bonds is 3. The van der Waals surface area contributed by atoms with Crippen LogP contribution >= 0.6 is 11.6 Å². The molecule has 90 valence electrons. The summed E-state index contributed by atoms with van der Waals surface area (Å²) in [4.78, 5) is 15.0. The van der Waals surface area contributed by atoms with Gasteiger partial charge < -0.3 is 15.6 Å². The number of carbonyl (C=O) groups excluding carboxylic acids is 1. The number of aromatic nitrogens is 2. The molecule has 1 aromatic carbocycles. The van der Waals surface area contributed by atoms with Gasteiger partial charge in [-0.2, -0.15) is 0 Å².